The van der Waals surface area contributed by atoms with E-state index in [9.17, 15) is 4.79 Å². The van der Waals surface area contributed by atoms with Crippen molar-refractivity contribution in [3.63, 3.8) is 0 Å². The van der Waals surface area contributed by atoms with Crippen molar-refractivity contribution in [1.82, 2.24) is 4.90 Å². The number of carbonyl (C=O) groups is 1. The number of likely N-dealkylation sites (tertiary alicyclic amines) is 1. The average molecular weight is 291 g/mol. The summed E-state index contributed by atoms with van der Waals surface area (Å²) in [5.41, 5.74) is 1.45. The Morgan fingerprint density at radius 2 is 2.25 bits per heavy atom. The molecule has 0 aromatic heterocycles. The molecule has 2 heterocycles. The fourth-order valence-electron chi connectivity index (χ4n) is 3.23. The highest BCUT2D eigenvalue weighted by atomic mass is 32.2. The van der Waals surface area contributed by atoms with Crippen LogP contribution >= 0.6 is 11.8 Å². The maximum Gasteiger partial charge on any atom is 0.323 e. The van der Waals surface area contributed by atoms with Crippen molar-refractivity contribution in [2.45, 2.75) is 41.9 Å². The molecule has 3 nitrogen and oxygen atoms in total. The number of thioether (sulfide) groups is 1. The number of methoxy groups -OCH3 is 1. The second-order valence-corrected chi connectivity index (χ2v) is 6.92. The molecule has 0 spiro atoms. The summed E-state index contributed by atoms with van der Waals surface area (Å²) in [6.07, 6.45) is 4.38. The fraction of sp³-hybridized carbons (Fsp3) is 0.562. The zero-order chi connectivity index (χ0) is 13.9. The Morgan fingerprint density at radius 3 is 3.05 bits per heavy atom. The fourth-order valence-corrected chi connectivity index (χ4v) is 4.58. The predicted octanol–water partition coefficient (Wildman–Crippen LogP) is 2.73. The molecule has 0 N–H and O–H groups in total. The van der Waals surface area contributed by atoms with Gasteiger partial charge in [0.25, 0.3) is 0 Å². The Bertz CT molecular complexity index is 466. The second kappa shape index (κ2) is 6.19. The van der Waals surface area contributed by atoms with Gasteiger partial charge < -0.3 is 4.74 Å². The summed E-state index contributed by atoms with van der Waals surface area (Å²) < 4.78 is 4.96. The van der Waals surface area contributed by atoms with Gasteiger partial charge in [-0.05, 0) is 37.4 Å². The smallest absolute Gasteiger partial charge is 0.323 e. The lowest BCUT2D eigenvalue weighted by atomic mass is 10.0. The van der Waals surface area contributed by atoms with Crippen LogP contribution in [-0.2, 0) is 16.0 Å². The van der Waals surface area contributed by atoms with E-state index < -0.39 is 0 Å². The van der Waals surface area contributed by atoms with Crippen molar-refractivity contribution in [3.8, 4) is 0 Å². The van der Waals surface area contributed by atoms with Crippen LogP contribution in [0.2, 0.25) is 0 Å². The quantitative estimate of drug-likeness (QED) is 0.801. The maximum atomic E-state index is 11.9. The van der Waals surface area contributed by atoms with Crippen LogP contribution < -0.4 is 0 Å². The van der Waals surface area contributed by atoms with Gasteiger partial charge in [-0.1, -0.05) is 24.6 Å². The molecule has 2 aliphatic heterocycles. The van der Waals surface area contributed by atoms with Gasteiger partial charge in [0.1, 0.15) is 6.04 Å². The Morgan fingerprint density at radius 1 is 1.40 bits per heavy atom. The van der Waals surface area contributed by atoms with Crippen LogP contribution in [0.1, 0.15) is 24.8 Å². The van der Waals surface area contributed by atoms with Gasteiger partial charge in [-0.3, -0.25) is 9.69 Å². The Hall–Kier alpha value is -1.00. The monoisotopic (exact) mass is 291 g/mol. The molecular formula is C16H21NO2S. The molecule has 20 heavy (non-hydrogen) atoms. The summed E-state index contributed by atoms with van der Waals surface area (Å²) in [4.78, 5) is 15.6. The molecule has 2 atom stereocenters. The summed E-state index contributed by atoms with van der Waals surface area (Å²) in [6.45, 7) is 2.01. The minimum absolute atomic E-state index is 0.0296. The van der Waals surface area contributed by atoms with Gasteiger partial charge in [-0.25, -0.2) is 0 Å². The molecule has 1 aromatic carbocycles. The van der Waals surface area contributed by atoms with Crippen molar-refractivity contribution in [3.05, 3.63) is 29.8 Å². The van der Waals surface area contributed by atoms with E-state index in [1.165, 1.54) is 24.0 Å². The first-order chi connectivity index (χ1) is 9.78. The number of esters is 1. The highest BCUT2D eigenvalue weighted by Crippen LogP contribution is 2.37. The lowest BCUT2D eigenvalue weighted by Crippen LogP contribution is -2.47. The molecule has 0 amide bonds. The molecule has 1 unspecified atom stereocenters. The first kappa shape index (κ1) is 14.0. The van der Waals surface area contributed by atoms with Crippen molar-refractivity contribution >= 4 is 17.7 Å². The van der Waals surface area contributed by atoms with Crippen LogP contribution in [-0.4, -0.2) is 42.4 Å². The van der Waals surface area contributed by atoms with E-state index in [1.54, 1.807) is 0 Å². The number of hydrogen-bond donors (Lipinski definition) is 0. The molecule has 1 fully saturated rings. The van der Waals surface area contributed by atoms with Gasteiger partial charge in [-0.15, -0.1) is 11.8 Å². The minimum Gasteiger partial charge on any atom is -0.468 e. The molecule has 3 rings (SSSR count). The molecule has 0 aliphatic carbocycles. The standard InChI is InChI=1S/C16H21NO2S/c1-19-16(18)14-7-4-5-9-17(14)11-13-10-12-6-2-3-8-15(12)20-13/h2-3,6,8,13-14H,4-5,7,9-11H2,1H3/t13?,14-/m1/s1. The minimum atomic E-state index is -0.0646. The van der Waals surface area contributed by atoms with E-state index in [0.29, 0.717) is 5.25 Å². The van der Waals surface area contributed by atoms with Crippen LogP contribution in [0.25, 0.3) is 0 Å². The van der Waals surface area contributed by atoms with Crippen LogP contribution in [0.3, 0.4) is 0 Å². The van der Waals surface area contributed by atoms with E-state index in [1.807, 2.05) is 11.8 Å². The summed E-state index contributed by atoms with van der Waals surface area (Å²) in [6, 6.07) is 8.61. The number of piperidine rings is 1. The van der Waals surface area contributed by atoms with Crippen molar-refractivity contribution in [2.24, 2.45) is 0 Å². The number of fused-ring (bicyclic) bond motifs is 1. The summed E-state index contributed by atoms with van der Waals surface area (Å²) in [5, 5.41) is 0.567. The molecule has 4 heteroatoms. The van der Waals surface area contributed by atoms with Gasteiger partial charge in [-0.2, -0.15) is 0 Å². The SMILES string of the molecule is COC(=O)[C@H]1CCCCN1CC1Cc2ccccc2S1. The third-order valence-electron chi connectivity index (χ3n) is 4.24. The molecule has 0 saturated carbocycles. The third-order valence-corrected chi connectivity index (χ3v) is 5.54. The van der Waals surface area contributed by atoms with Gasteiger partial charge in [0.05, 0.1) is 7.11 Å². The molecular weight excluding hydrogens is 270 g/mol. The molecule has 2 aliphatic rings. The van der Waals surface area contributed by atoms with Crippen LogP contribution in [0.4, 0.5) is 0 Å². The van der Waals surface area contributed by atoms with E-state index in [-0.39, 0.29) is 12.0 Å². The largest absolute Gasteiger partial charge is 0.468 e. The Kier molecular flexibility index (Phi) is 4.32. The molecule has 0 radical (unpaired) electrons. The molecule has 1 aromatic rings. The van der Waals surface area contributed by atoms with Crippen molar-refractivity contribution in [2.75, 3.05) is 20.2 Å². The molecule has 108 valence electrons. The van der Waals surface area contributed by atoms with Crippen molar-refractivity contribution < 1.29 is 9.53 Å². The number of benzene rings is 1. The molecule has 0 bridgehead atoms. The maximum absolute atomic E-state index is 11.9. The summed E-state index contributed by atoms with van der Waals surface area (Å²) in [7, 11) is 1.50. The van der Waals surface area contributed by atoms with E-state index >= 15 is 0 Å². The number of hydrogen-bond acceptors (Lipinski definition) is 4. The average Bonchev–Trinajstić information content (AvgIpc) is 2.89. The first-order valence-corrected chi connectivity index (χ1v) is 8.22. The highest BCUT2D eigenvalue weighted by molar-refractivity contribution is 8.00. The van der Waals surface area contributed by atoms with Crippen LogP contribution in [0.15, 0.2) is 29.2 Å². The van der Waals surface area contributed by atoms with Gasteiger partial charge in [0.2, 0.25) is 0 Å². The zero-order valence-corrected chi connectivity index (χ0v) is 12.7. The third kappa shape index (κ3) is 2.86. The normalized spacial score (nSPS) is 26.2. The Balaban J connectivity index is 1.64. The van der Waals surface area contributed by atoms with Crippen molar-refractivity contribution in [1.29, 1.82) is 0 Å². The molecule has 1 saturated heterocycles. The van der Waals surface area contributed by atoms with Gasteiger partial charge in [0.15, 0.2) is 0 Å². The number of nitrogens with zero attached hydrogens (tertiary/aromatic N) is 1. The second-order valence-electron chi connectivity index (χ2n) is 5.58. The lowest BCUT2D eigenvalue weighted by molar-refractivity contribution is -0.148. The van der Waals surface area contributed by atoms with Crippen LogP contribution in [0.5, 0.6) is 0 Å². The number of carbonyl (C=O) groups excluding carboxylic acids is 1. The highest BCUT2D eigenvalue weighted by Gasteiger charge is 2.32. The van der Waals surface area contributed by atoms with Crippen LogP contribution in [0, 0.1) is 0 Å². The zero-order valence-electron chi connectivity index (χ0n) is 11.9. The van der Waals surface area contributed by atoms with E-state index in [0.717, 1.165) is 32.4 Å². The van der Waals surface area contributed by atoms with E-state index in [4.69, 9.17) is 4.74 Å². The Labute approximate surface area is 124 Å². The van der Waals surface area contributed by atoms with Gasteiger partial charge >= 0.3 is 5.97 Å². The number of rotatable bonds is 3. The summed E-state index contributed by atoms with van der Waals surface area (Å²) in [5.74, 6) is -0.0646. The number of ether oxygens (including phenoxy) is 1. The lowest BCUT2D eigenvalue weighted by Gasteiger charge is -2.35. The first-order valence-electron chi connectivity index (χ1n) is 7.34. The van der Waals surface area contributed by atoms with E-state index in [2.05, 4.69) is 29.2 Å². The summed E-state index contributed by atoms with van der Waals surface area (Å²) >= 11 is 1.96. The topological polar surface area (TPSA) is 29.5 Å². The predicted molar refractivity (Wildman–Crippen MR) is 81.0 cm³/mol. The van der Waals surface area contributed by atoms with Gasteiger partial charge in [0, 0.05) is 16.7 Å².